The summed E-state index contributed by atoms with van der Waals surface area (Å²) in [6, 6.07) is 6.41. The van der Waals surface area contributed by atoms with Crippen LogP contribution in [0.25, 0.3) is 0 Å². The smallest absolute Gasteiger partial charge is 0.387 e. The van der Waals surface area contributed by atoms with Crippen molar-refractivity contribution in [3.63, 3.8) is 0 Å². The van der Waals surface area contributed by atoms with Crippen molar-refractivity contribution in [3.05, 3.63) is 24.3 Å². The summed E-state index contributed by atoms with van der Waals surface area (Å²) in [6.45, 7) is 1.44. The predicted molar refractivity (Wildman–Crippen MR) is 75.3 cm³/mol. The number of nitrogens with zero attached hydrogens (tertiary/aromatic N) is 1. The van der Waals surface area contributed by atoms with E-state index >= 15 is 0 Å². The van der Waals surface area contributed by atoms with E-state index in [1.165, 1.54) is 12.1 Å². The molecule has 6 heteroatoms. The Morgan fingerprint density at radius 3 is 2.63 bits per heavy atom. The highest BCUT2D eigenvalue weighted by atomic mass is 32.2. The Labute approximate surface area is 115 Å². The summed E-state index contributed by atoms with van der Waals surface area (Å²) >= 11 is 1.67. The molecule has 1 N–H and O–H groups in total. The third kappa shape index (κ3) is 3.83. The molecule has 1 aromatic carbocycles. The molecule has 1 aliphatic heterocycles. The average molecular weight is 286 g/mol. The van der Waals surface area contributed by atoms with E-state index in [2.05, 4.69) is 28.9 Å². The van der Waals surface area contributed by atoms with Gasteiger partial charge in [0.15, 0.2) is 5.17 Å². The van der Waals surface area contributed by atoms with Gasteiger partial charge in [0, 0.05) is 11.4 Å². The van der Waals surface area contributed by atoms with Gasteiger partial charge in [-0.3, -0.25) is 4.99 Å². The average Bonchev–Trinajstić information content (AvgIpc) is 2.74. The zero-order chi connectivity index (χ0) is 13.9. The van der Waals surface area contributed by atoms with Crippen LogP contribution < -0.4 is 10.1 Å². The van der Waals surface area contributed by atoms with Crippen molar-refractivity contribution < 1.29 is 13.5 Å². The first-order valence-corrected chi connectivity index (χ1v) is 7.04. The normalized spacial score (nSPS) is 22.5. The number of aliphatic imine (C=N–C) groups is 1. The molecule has 1 unspecified atom stereocenters. The number of rotatable bonds is 4. The summed E-state index contributed by atoms with van der Waals surface area (Å²) in [6.07, 6.45) is 0.992. The van der Waals surface area contributed by atoms with E-state index in [4.69, 9.17) is 0 Å². The zero-order valence-corrected chi connectivity index (χ0v) is 11.6. The molecule has 1 heterocycles. The van der Waals surface area contributed by atoms with E-state index in [0.29, 0.717) is 0 Å². The van der Waals surface area contributed by atoms with Crippen LogP contribution in [-0.4, -0.2) is 23.1 Å². The summed E-state index contributed by atoms with van der Waals surface area (Å²) < 4.78 is 28.3. The monoisotopic (exact) mass is 286 g/mol. The van der Waals surface area contributed by atoms with Crippen LogP contribution in [0.15, 0.2) is 29.3 Å². The topological polar surface area (TPSA) is 33.6 Å². The first kappa shape index (κ1) is 14.1. The van der Waals surface area contributed by atoms with Crippen LogP contribution >= 0.6 is 11.8 Å². The van der Waals surface area contributed by atoms with Gasteiger partial charge in [-0.1, -0.05) is 18.7 Å². The van der Waals surface area contributed by atoms with Crippen LogP contribution in [0.5, 0.6) is 5.75 Å². The van der Waals surface area contributed by atoms with Crippen LogP contribution in [0.3, 0.4) is 0 Å². The third-order valence-electron chi connectivity index (χ3n) is 2.98. The molecular formula is C13H16F2N2OS. The number of hydrogen-bond acceptors (Lipinski definition) is 4. The van der Waals surface area contributed by atoms with E-state index in [0.717, 1.165) is 23.0 Å². The number of halogens is 2. The molecule has 0 fully saturated rings. The van der Waals surface area contributed by atoms with Crippen molar-refractivity contribution in [2.75, 3.05) is 11.1 Å². The second-order valence-electron chi connectivity index (χ2n) is 4.58. The first-order chi connectivity index (χ1) is 9.00. The SMILES string of the molecule is CCC1(C)CSC(Nc2ccc(OC(F)F)cc2)=N1. The number of benzene rings is 1. The minimum atomic E-state index is -2.79. The van der Waals surface area contributed by atoms with E-state index < -0.39 is 6.61 Å². The molecule has 0 radical (unpaired) electrons. The Kier molecular flexibility index (Phi) is 4.29. The Bertz CT molecular complexity index is 464. The fourth-order valence-electron chi connectivity index (χ4n) is 1.62. The van der Waals surface area contributed by atoms with Crippen molar-refractivity contribution in [1.29, 1.82) is 0 Å². The Balaban J connectivity index is 1.99. The zero-order valence-electron chi connectivity index (χ0n) is 10.8. The molecule has 0 spiro atoms. The largest absolute Gasteiger partial charge is 0.435 e. The van der Waals surface area contributed by atoms with Crippen molar-refractivity contribution in [2.24, 2.45) is 4.99 Å². The van der Waals surface area contributed by atoms with Crippen molar-refractivity contribution in [2.45, 2.75) is 32.4 Å². The molecule has 1 atom stereocenters. The molecule has 0 saturated carbocycles. The van der Waals surface area contributed by atoms with Crippen molar-refractivity contribution >= 4 is 22.6 Å². The molecule has 0 bridgehead atoms. The van der Waals surface area contributed by atoms with Crippen LogP contribution in [-0.2, 0) is 0 Å². The molecule has 1 aromatic rings. The number of ether oxygens (including phenoxy) is 1. The molecule has 0 aromatic heterocycles. The molecule has 0 aliphatic carbocycles. The van der Waals surface area contributed by atoms with Gasteiger partial charge < -0.3 is 10.1 Å². The minimum Gasteiger partial charge on any atom is -0.435 e. The van der Waals surface area contributed by atoms with Crippen LogP contribution in [0.4, 0.5) is 14.5 Å². The minimum absolute atomic E-state index is 0.00821. The van der Waals surface area contributed by atoms with Gasteiger partial charge in [0.05, 0.1) is 5.54 Å². The lowest BCUT2D eigenvalue weighted by Crippen LogP contribution is -2.20. The first-order valence-electron chi connectivity index (χ1n) is 6.05. The second kappa shape index (κ2) is 5.77. The van der Waals surface area contributed by atoms with E-state index in [-0.39, 0.29) is 11.3 Å². The fraction of sp³-hybridized carbons (Fsp3) is 0.462. The van der Waals surface area contributed by atoms with Gasteiger partial charge in [-0.15, -0.1) is 0 Å². The number of hydrogen-bond donors (Lipinski definition) is 1. The maximum atomic E-state index is 12.0. The lowest BCUT2D eigenvalue weighted by atomic mass is 10.0. The predicted octanol–water partition coefficient (Wildman–Crippen LogP) is 3.97. The van der Waals surface area contributed by atoms with Gasteiger partial charge >= 0.3 is 6.61 Å². The number of amidine groups is 1. The highest BCUT2D eigenvalue weighted by Gasteiger charge is 2.28. The lowest BCUT2D eigenvalue weighted by molar-refractivity contribution is -0.0498. The van der Waals surface area contributed by atoms with E-state index in [1.54, 1.807) is 23.9 Å². The molecular weight excluding hydrogens is 270 g/mol. The van der Waals surface area contributed by atoms with Crippen LogP contribution in [0.2, 0.25) is 0 Å². The van der Waals surface area contributed by atoms with Crippen LogP contribution in [0.1, 0.15) is 20.3 Å². The molecule has 0 saturated heterocycles. The van der Waals surface area contributed by atoms with E-state index in [1.807, 2.05) is 0 Å². The van der Waals surface area contributed by atoms with Crippen molar-refractivity contribution in [3.8, 4) is 5.75 Å². The molecule has 19 heavy (non-hydrogen) atoms. The molecule has 1 aliphatic rings. The number of thioether (sulfide) groups is 1. The van der Waals surface area contributed by atoms with E-state index in [9.17, 15) is 8.78 Å². The third-order valence-corrected chi connectivity index (χ3v) is 4.22. The molecule has 2 rings (SSSR count). The number of anilines is 1. The second-order valence-corrected chi connectivity index (χ2v) is 5.55. The Hall–Kier alpha value is -1.30. The summed E-state index contributed by atoms with van der Waals surface area (Å²) in [4.78, 5) is 4.62. The quantitative estimate of drug-likeness (QED) is 0.909. The van der Waals surface area contributed by atoms with Crippen LogP contribution in [0, 0.1) is 0 Å². The van der Waals surface area contributed by atoms with Gasteiger partial charge in [0.25, 0.3) is 0 Å². The van der Waals surface area contributed by atoms with Gasteiger partial charge in [-0.05, 0) is 37.6 Å². The molecule has 0 amide bonds. The Morgan fingerprint density at radius 1 is 1.42 bits per heavy atom. The Morgan fingerprint density at radius 2 is 2.11 bits per heavy atom. The van der Waals surface area contributed by atoms with Gasteiger partial charge in [0.1, 0.15) is 5.75 Å². The number of nitrogens with one attached hydrogen (secondary N) is 1. The standard InChI is InChI=1S/C13H16F2N2OS/c1-3-13(2)8-19-12(17-13)16-9-4-6-10(7-5-9)18-11(14)15/h4-7,11H,3,8H2,1-2H3,(H,16,17). The maximum Gasteiger partial charge on any atom is 0.387 e. The maximum absolute atomic E-state index is 12.0. The summed E-state index contributed by atoms with van der Waals surface area (Å²) in [5.41, 5.74) is 0.805. The van der Waals surface area contributed by atoms with Gasteiger partial charge in [-0.25, -0.2) is 0 Å². The lowest BCUT2D eigenvalue weighted by Gasteiger charge is -2.15. The number of alkyl halides is 2. The van der Waals surface area contributed by atoms with Crippen molar-refractivity contribution in [1.82, 2.24) is 0 Å². The summed E-state index contributed by atoms with van der Waals surface area (Å²) in [5.74, 6) is 1.11. The molecule has 104 valence electrons. The summed E-state index contributed by atoms with van der Waals surface area (Å²) in [5, 5.41) is 4.05. The highest BCUT2D eigenvalue weighted by Crippen LogP contribution is 2.31. The highest BCUT2D eigenvalue weighted by molar-refractivity contribution is 8.14. The molecule has 3 nitrogen and oxygen atoms in total. The summed E-state index contributed by atoms with van der Waals surface area (Å²) in [7, 11) is 0. The van der Waals surface area contributed by atoms with Gasteiger partial charge in [0.2, 0.25) is 0 Å². The van der Waals surface area contributed by atoms with Gasteiger partial charge in [-0.2, -0.15) is 8.78 Å². The fourth-order valence-corrected chi connectivity index (χ4v) is 2.81.